The molecular weight excluding hydrogens is 648 g/mol. The van der Waals surface area contributed by atoms with E-state index in [1.165, 1.54) is 30.3 Å². The number of nitrogens with zero attached hydrogens (tertiary/aromatic N) is 3. The number of aromatic hydroxyl groups is 1. The zero-order chi connectivity index (χ0) is 29.6. The number of carbonyl (C=O) groups excluding carboxylic acids is 4. The molecule has 2 aliphatic carbocycles. The molecule has 2 aromatic carbocycles. The number of alkyl halides is 3. The molecule has 0 spiro atoms. The summed E-state index contributed by atoms with van der Waals surface area (Å²) < 4.78 is 14.6. The van der Waals surface area contributed by atoms with Crippen molar-refractivity contribution in [2.24, 2.45) is 17.8 Å². The largest absolute Gasteiger partial charge is 0.505 e. The molecule has 4 aliphatic rings. The van der Waals surface area contributed by atoms with Gasteiger partial charge >= 0.3 is 0 Å². The molecular formula is C27H19BrCl2FN3O7. The first kappa shape index (κ1) is 27.8. The van der Waals surface area contributed by atoms with Crippen molar-refractivity contribution in [3.05, 3.63) is 75.6 Å². The fraction of sp³-hybridized carbons (Fsp3) is 0.333. The highest BCUT2D eigenvalue weighted by Crippen LogP contribution is 2.65. The number of benzene rings is 2. The smallest absolute Gasteiger partial charge is 0.269 e. The maximum absolute atomic E-state index is 14.6. The summed E-state index contributed by atoms with van der Waals surface area (Å²) in [6.45, 7) is 0. The van der Waals surface area contributed by atoms with Crippen molar-refractivity contribution in [2.45, 2.75) is 28.5 Å². The van der Waals surface area contributed by atoms with E-state index in [4.69, 9.17) is 23.2 Å². The number of nitro benzene ring substituents is 1. The fourth-order valence-corrected chi connectivity index (χ4v) is 8.23. The first-order chi connectivity index (χ1) is 19.4. The molecule has 0 bridgehead atoms. The molecule has 6 rings (SSSR count). The Kier molecular flexibility index (Phi) is 6.33. The van der Waals surface area contributed by atoms with Crippen molar-refractivity contribution in [3.63, 3.8) is 0 Å². The average Bonchev–Trinajstić information content (AvgIpc) is 3.28. The molecule has 0 unspecified atom stereocenters. The quantitative estimate of drug-likeness (QED) is 0.128. The Morgan fingerprint density at radius 1 is 1.05 bits per heavy atom. The molecule has 2 aromatic rings. The van der Waals surface area contributed by atoms with E-state index in [1.807, 2.05) is 0 Å². The lowest BCUT2D eigenvalue weighted by Gasteiger charge is -2.50. The predicted octanol–water partition coefficient (Wildman–Crippen LogP) is 4.36. The van der Waals surface area contributed by atoms with Crippen LogP contribution in [0.4, 0.5) is 15.8 Å². The molecule has 14 heteroatoms. The summed E-state index contributed by atoms with van der Waals surface area (Å²) in [5.41, 5.74) is 0.363. The molecule has 1 N–H and O–H groups in total. The number of likely N-dealkylation sites (tertiary alicyclic amines) is 1. The molecule has 10 nitrogen and oxygen atoms in total. The number of nitro groups is 1. The monoisotopic (exact) mass is 665 g/mol. The second-order valence-corrected chi connectivity index (χ2v) is 12.2. The van der Waals surface area contributed by atoms with E-state index in [9.17, 15) is 38.8 Å². The summed E-state index contributed by atoms with van der Waals surface area (Å²) >= 11 is 17.3. The Balaban J connectivity index is 1.49. The first-order valence-corrected chi connectivity index (χ1v) is 14.3. The molecule has 212 valence electrons. The van der Waals surface area contributed by atoms with E-state index in [0.29, 0.717) is 5.57 Å². The summed E-state index contributed by atoms with van der Waals surface area (Å²) in [6, 6.07) is 8.47. The van der Waals surface area contributed by atoms with E-state index in [2.05, 4.69) is 15.9 Å². The van der Waals surface area contributed by atoms with Crippen LogP contribution in [0.25, 0.3) is 0 Å². The van der Waals surface area contributed by atoms with E-state index >= 15 is 0 Å². The van der Waals surface area contributed by atoms with Gasteiger partial charge in [-0.3, -0.25) is 39.1 Å². The Labute approximate surface area is 250 Å². The molecule has 1 saturated carbocycles. The van der Waals surface area contributed by atoms with E-state index in [-0.39, 0.29) is 35.2 Å². The van der Waals surface area contributed by atoms with Crippen molar-refractivity contribution in [1.29, 1.82) is 0 Å². The summed E-state index contributed by atoms with van der Waals surface area (Å²) in [4.78, 5) is 62.9. The van der Waals surface area contributed by atoms with Crippen molar-refractivity contribution in [2.75, 3.05) is 10.4 Å². The van der Waals surface area contributed by atoms with E-state index < -0.39 is 73.5 Å². The summed E-state index contributed by atoms with van der Waals surface area (Å²) in [5.74, 6) is -8.11. The number of phenols is 1. The molecule has 6 atom stereocenters. The normalized spacial score (nSPS) is 32.5. The number of hydrogen-bond donors (Lipinski definition) is 1. The number of imide groups is 2. The lowest BCUT2D eigenvalue weighted by Crippen LogP contribution is -2.60. The van der Waals surface area contributed by atoms with Crippen molar-refractivity contribution in [1.82, 2.24) is 4.90 Å². The number of allylic oxidation sites excluding steroid dienone is 2. The number of non-ortho nitro benzene ring substituents is 1. The number of phenolic OH excluding ortho intramolecular Hbond substituents is 1. The highest BCUT2D eigenvalue weighted by molar-refractivity contribution is 9.09. The van der Waals surface area contributed by atoms with E-state index in [1.54, 1.807) is 6.08 Å². The van der Waals surface area contributed by atoms with Crippen LogP contribution in [0.2, 0.25) is 0 Å². The summed E-state index contributed by atoms with van der Waals surface area (Å²) in [6.07, 6.45) is 1.54. The summed E-state index contributed by atoms with van der Waals surface area (Å²) in [7, 11) is 0. The molecule has 2 aliphatic heterocycles. The SMILES string of the molecule is O=C1[C@H]2[C@H](CC=C3[C@H]2C[C@@]2(Cl)C(=O)N(CBr)C(=O)[C@@]2(Cl)[C@H]3c2ccc(O)c(F)c2)C(=O)N1c1ccc([N+](=O)[O-])cc1. The molecule has 3 fully saturated rings. The van der Waals surface area contributed by atoms with Gasteiger partial charge in [-0.05, 0) is 48.6 Å². The molecule has 2 heterocycles. The first-order valence-electron chi connectivity index (χ1n) is 12.5. The fourth-order valence-electron chi connectivity index (χ4n) is 6.81. The highest BCUT2D eigenvalue weighted by atomic mass is 79.9. The van der Waals surface area contributed by atoms with Crippen LogP contribution in [0.1, 0.15) is 24.3 Å². The van der Waals surface area contributed by atoms with Crippen LogP contribution in [0, 0.1) is 33.7 Å². The third-order valence-corrected chi connectivity index (χ3v) is 10.6. The van der Waals surface area contributed by atoms with Crippen LogP contribution in [0.5, 0.6) is 5.75 Å². The number of amides is 4. The minimum Gasteiger partial charge on any atom is -0.505 e. The van der Waals surface area contributed by atoms with Crippen LogP contribution in [-0.4, -0.2) is 53.8 Å². The van der Waals surface area contributed by atoms with Crippen LogP contribution in [0.3, 0.4) is 0 Å². The van der Waals surface area contributed by atoms with Gasteiger partial charge in [-0.25, -0.2) is 4.39 Å². The lowest BCUT2D eigenvalue weighted by molar-refractivity contribution is -0.384. The second-order valence-electron chi connectivity index (χ2n) is 10.5. The molecule has 4 amide bonds. The number of rotatable bonds is 4. The van der Waals surface area contributed by atoms with Gasteiger partial charge in [0.2, 0.25) is 11.8 Å². The molecule has 41 heavy (non-hydrogen) atoms. The third kappa shape index (κ3) is 3.59. The zero-order valence-electron chi connectivity index (χ0n) is 20.8. The van der Waals surface area contributed by atoms with Gasteiger partial charge in [0.05, 0.1) is 27.9 Å². The molecule has 0 aromatic heterocycles. The molecule has 2 saturated heterocycles. The predicted molar refractivity (Wildman–Crippen MR) is 147 cm³/mol. The number of anilines is 1. The number of hydrogen-bond acceptors (Lipinski definition) is 7. The van der Waals surface area contributed by atoms with Crippen LogP contribution in [0.15, 0.2) is 54.1 Å². The average molecular weight is 667 g/mol. The van der Waals surface area contributed by atoms with Crippen molar-refractivity contribution >= 4 is 74.1 Å². The topological polar surface area (TPSA) is 138 Å². The minimum absolute atomic E-state index is 0.0914. The Morgan fingerprint density at radius 3 is 2.34 bits per heavy atom. The summed E-state index contributed by atoms with van der Waals surface area (Å²) in [5, 5.41) is 20.9. The van der Waals surface area contributed by atoms with Crippen molar-refractivity contribution < 1.29 is 33.6 Å². The maximum atomic E-state index is 14.6. The van der Waals surface area contributed by atoms with Gasteiger partial charge in [0, 0.05) is 18.1 Å². The van der Waals surface area contributed by atoms with E-state index in [0.717, 1.165) is 21.9 Å². The van der Waals surface area contributed by atoms with Crippen LogP contribution in [-0.2, 0) is 19.2 Å². The van der Waals surface area contributed by atoms with Gasteiger partial charge < -0.3 is 5.11 Å². The van der Waals surface area contributed by atoms with Gasteiger partial charge in [0.15, 0.2) is 21.3 Å². The van der Waals surface area contributed by atoms with Gasteiger partial charge in [-0.15, -0.1) is 23.2 Å². The Morgan fingerprint density at radius 2 is 1.73 bits per heavy atom. The number of carbonyl (C=O) groups is 4. The third-order valence-electron chi connectivity index (χ3n) is 8.64. The van der Waals surface area contributed by atoms with Gasteiger partial charge in [-0.2, -0.15) is 0 Å². The maximum Gasteiger partial charge on any atom is 0.269 e. The van der Waals surface area contributed by atoms with Gasteiger partial charge in [0.1, 0.15) is 0 Å². The minimum atomic E-state index is -2.10. The Bertz CT molecular complexity index is 1600. The Hall–Kier alpha value is -3.35. The molecule has 0 radical (unpaired) electrons. The van der Waals surface area contributed by atoms with Crippen LogP contribution < -0.4 is 4.90 Å². The van der Waals surface area contributed by atoms with Gasteiger partial charge in [0.25, 0.3) is 17.5 Å². The van der Waals surface area contributed by atoms with Crippen molar-refractivity contribution in [3.8, 4) is 5.75 Å². The van der Waals surface area contributed by atoms with Crippen LogP contribution >= 0.6 is 39.1 Å². The highest BCUT2D eigenvalue weighted by Gasteiger charge is 2.76. The lowest BCUT2D eigenvalue weighted by atomic mass is 9.56. The number of halogens is 4. The standard InChI is InChI=1S/C27H19BrCl2FN3O7/c28-11-32-24(38)26(29)10-17-15(21(27(26,30)25(32)39)12-1-8-19(35)18(31)9-12)6-7-16-20(17)23(37)33(22(16)36)13-2-4-14(5-3-13)34(40)41/h1-6,8-9,16-17,20-21,35H,7,10-11H2/t16-,17+,20-,21-,26+,27-/m0/s1. The zero-order valence-corrected chi connectivity index (χ0v) is 23.9. The second kappa shape index (κ2) is 9.33. The van der Waals surface area contributed by atoms with Gasteiger partial charge in [-0.1, -0.05) is 33.6 Å². The number of fused-ring (bicyclic) bond motifs is 4.